The molecule has 0 bridgehead atoms. The lowest BCUT2D eigenvalue weighted by Crippen LogP contribution is -1.93. The van der Waals surface area contributed by atoms with E-state index in [-0.39, 0.29) is 3.79 Å². The van der Waals surface area contributed by atoms with Crippen molar-refractivity contribution >= 4 is 37.3 Å². The number of nitriles is 1. The topological polar surface area (TPSA) is 45.8 Å². The summed E-state index contributed by atoms with van der Waals surface area (Å²) in [6.07, 6.45) is 1.83. The Hall–Kier alpha value is -1.35. The Balaban J connectivity index is 2.77. The zero-order valence-electron chi connectivity index (χ0n) is 8.70. The van der Waals surface area contributed by atoms with Gasteiger partial charge in [-0.2, -0.15) is 5.26 Å². The third kappa shape index (κ3) is 1.71. The van der Waals surface area contributed by atoms with Crippen molar-refractivity contribution in [2.24, 2.45) is 0 Å². The van der Waals surface area contributed by atoms with Crippen LogP contribution in [-0.4, -0.2) is 8.36 Å². The normalized spacial score (nSPS) is 10.3. The summed E-state index contributed by atoms with van der Waals surface area (Å²) in [5.41, 5.74) is 2.27. The fraction of sp³-hybridized carbons (Fsp3) is 0.167. The molecule has 80 valence electrons. The van der Waals surface area contributed by atoms with Crippen LogP contribution in [0.25, 0.3) is 10.9 Å². The minimum Gasteiger partial charge on any atom is -0.346 e. The van der Waals surface area contributed by atoms with Gasteiger partial charge in [0.05, 0.1) is 11.1 Å². The number of halogens is 1. The van der Waals surface area contributed by atoms with Crippen molar-refractivity contribution < 1.29 is 4.79 Å². The van der Waals surface area contributed by atoms with Crippen molar-refractivity contribution in [3.05, 3.63) is 35.5 Å². The number of fused-ring (bicyclic) bond motifs is 1. The third-order valence-corrected chi connectivity index (χ3v) is 3.19. The molecule has 0 saturated carbocycles. The first-order valence-electron chi connectivity index (χ1n) is 4.90. The summed E-state index contributed by atoms with van der Waals surface area (Å²) in [7, 11) is 0. The summed E-state index contributed by atoms with van der Waals surface area (Å²) in [4.78, 5) is 11.3. The van der Waals surface area contributed by atoms with E-state index in [0.29, 0.717) is 11.1 Å². The van der Waals surface area contributed by atoms with E-state index in [1.165, 1.54) is 0 Å². The van der Waals surface area contributed by atoms with Gasteiger partial charge in [-0.1, -0.05) is 6.07 Å². The van der Waals surface area contributed by atoms with Gasteiger partial charge in [-0.05, 0) is 19.1 Å². The van der Waals surface area contributed by atoms with E-state index in [4.69, 9.17) is 5.26 Å². The molecule has 0 atom stereocenters. The lowest BCUT2D eigenvalue weighted by molar-refractivity contribution is 0.110. The first kappa shape index (κ1) is 11.1. The SMILES string of the molecule is CCn1cc(C#N)c2ccc(C(=O)I)cc21. The van der Waals surface area contributed by atoms with Crippen LogP contribution < -0.4 is 0 Å². The van der Waals surface area contributed by atoms with Gasteiger partial charge in [-0.3, -0.25) is 4.79 Å². The summed E-state index contributed by atoms with van der Waals surface area (Å²) < 4.78 is 2.00. The summed E-state index contributed by atoms with van der Waals surface area (Å²) in [6, 6.07) is 7.61. The monoisotopic (exact) mass is 324 g/mol. The molecule has 3 nitrogen and oxygen atoms in total. The lowest BCUT2D eigenvalue weighted by atomic mass is 10.1. The highest BCUT2D eigenvalue weighted by Crippen LogP contribution is 2.23. The molecule has 0 aliphatic carbocycles. The molecule has 2 rings (SSSR count). The van der Waals surface area contributed by atoms with Crippen molar-refractivity contribution in [2.75, 3.05) is 0 Å². The Labute approximate surface area is 107 Å². The van der Waals surface area contributed by atoms with Crippen LogP contribution in [0.5, 0.6) is 0 Å². The van der Waals surface area contributed by atoms with Crippen molar-refractivity contribution in [3.63, 3.8) is 0 Å². The summed E-state index contributed by atoms with van der Waals surface area (Å²) >= 11 is 1.77. The standard InChI is InChI=1S/C12H9IN2O/c1-2-15-7-9(6-14)10-4-3-8(12(13)16)5-11(10)15/h3-5,7H,2H2,1H3. The largest absolute Gasteiger partial charge is 0.346 e. The molecular weight excluding hydrogens is 315 g/mol. The number of hydrogen-bond acceptors (Lipinski definition) is 2. The molecule has 0 amide bonds. The molecule has 0 saturated heterocycles. The van der Waals surface area contributed by atoms with Crippen molar-refractivity contribution in [2.45, 2.75) is 13.5 Å². The Kier molecular flexibility index (Phi) is 2.97. The van der Waals surface area contributed by atoms with Crippen LogP contribution in [0.15, 0.2) is 24.4 Å². The second kappa shape index (κ2) is 4.26. The average Bonchev–Trinajstić information content (AvgIpc) is 2.65. The van der Waals surface area contributed by atoms with Crippen LogP contribution in [0.3, 0.4) is 0 Å². The molecule has 0 fully saturated rings. The molecule has 0 N–H and O–H groups in total. The maximum atomic E-state index is 11.3. The lowest BCUT2D eigenvalue weighted by Gasteiger charge is -2.01. The third-order valence-electron chi connectivity index (χ3n) is 2.57. The first-order valence-corrected chi connectivity index (χ1v) is 5.98. The number of hydrogen-bond donors (Lipinski definition) is 0. The Bertz CT molecular complexity index is 607. The highest BCUT2D eigenvalue weighted by molar-refractivity contribution is 14.1. The number of nitrogens with zero attached hydrogens (tertiary/aromatic N) is 2. The second-order valence-corrected chi connectivity index (χ2v) is 4.43. The van der Waals surface area contributed by atoms with E-state index >= 15 is 0 Å². The minimum atomic E-state index is 0.0156. The molecule has 0 radical (unpaired) electrons. The number of carbonyl (C=O) groups excluding carboxylic acids is 1. The number of benzene rings is 1. The molecule has 1 heterocycles. The maximum absolute atomic E-state index is 11.3. The van der Waals surface area contributed by atoms with E-state index < -0.39 is 0 Å². The van der Waals surface area contributed by atoms with Crippen LogP contribution in [0.4, 0.5) is 0 Å². The fourth-order valence-corrected chi connectivity index (χ4v) is 2.10. The Morgan fingerprint density at radius 2 is 2.31 bits per heavy atom. The van der Waals surface area contributed by atoms with Gasteiger partial charge in [-0.15, -0.1) is 0 Å². The molecule has 1 aromatic heterocycles. The molecule has 0 aliphatic rings. The fourth-order valence-electron chi connectivity index (χ4n) is 1.76. The summed E-state index contributed by atoms with van der Waals surface area (Å²) in [5, 5.41) is 9.90. The van der Waals surface area contributed by atoms with Gasteiger partial charge in [-0.25, -0.2) is 0 Å². The van der Waals surface area contributed by atoms with Gasteiger partial charge in [0.2, 0.25) is 3.79 Å². The first-order chi connectivity index (χ1) is 7.67. The number of aryl methyl sites for hydroxylation is 1. The van der Waals surface area contributed by atoms with E-state index in [0.717, 1.165) is 17.4 Å². The molecule has 1 aromatic carbocycles. The minimum absolute atomic E-state index is 0.0156. The quantitative estimate of drug-likeness (QED) is 0.629. The zero-order chi connectivity index (χ0) is 11.7. The van der Waals surface area contributed by atoms with Crippen molar-refractivity contribution in [1.29, 1.82) is 5.26 Å². The second-order valence-electron chi connectivity index (χ2n) is 3.45. The summed E-state index contributed by atoms with van der Waals surface area (Å²) in [6.45, 7) is 2.80. The van der Waals surface area contributed by atoms with E-state index in [2.05, 4.69) is 6.07 Å². The van der Waals surface area contributed by atoms with Crippen molar-refractivity contribution in [1.82, 2.24) is 4.57 Å². The molecule has 2 aromatic rings. The van der Waals surface area contributed by atoms with E-state index in [1.807, 2.05) is 29.8 Å². The molecule has 0 unspecified atom stereocenters. The smallest absolute Gasteiger partial charge is 0.222 e. The molecular formula is C12H9IN2O. The van der Waals surface area contributed by atoms with Crippen LogP contribution in [0.1, 0.15) is 22.8 Å². The van der Waals surface area contributed by atoms with Crippen LogP contribution in [0.2, 0.25) is 0 Å². The van der Waals surface area contributed by atoms with E-state index in [1.54, 1.807) is 28.7 Å². The Morgan fingerprint density at radius 3 is 2.88 bits per heavy atom. The number of aromatic nitrogens is 1. The Morgan fingerprint density at radius 1 is 1.56 bits per heavy atom. The van der Waals surface area contributed by atoms with Gasteiger partial charge < -0.3 is 4.57 Å². The maximum Gasteiger partial charge on any atom is 0.222 e. The highest BCUT2D eigenvalue weighted by Gasteiger charge is 2.09. The molecule has 0 spiro atoms. The van der Waals surface area contributed by atoms with Gasteiger partial charge in [0, 0.05) is 46.3 Å². The zero-order valence-corrected chi connectivity index (χ0v) is 10.9. The van der Waals surface area contributed by atoms with Gasteiger partial charge in [0.15, 0.2) is 0 Å². The molecule has 16 heavy (non-hydrogen) atoms. The van der Waals surface area contributed by atoms with Crippen LogP contribution in [-0.2, 0) is 6.54 Å². The van der Waals surface area contributed by atoms with Crippen LogP contribution in [0, 0.1) is 11.3 Å². The number of carbonyl (C=O) groups is 1. The summed E-state index contributed by atoms with van der Waals surface area (Å²) in [5.74, 6) is 0. The number of rotatable bonds is 2. The predicted molar refractivity (Wildman–Crippen MR) is 70.7 cm³/mol. The van der Waals surface area contributed by atoms with Gasteiger partial charge in [0.25, 0.3) is 0 Å². The average molecular weight is 324 g/mol. The molecule has 0 aliphatic heterocycles. The van der Waals surface area contributed by atoms with Crippen molar-refractivity contribution in [3.8, 4) is 6.07 Å². The highest BCUT2D eigenvalue weighted by atomic mass is 127. The van der Waals surface area contributed by atoms with Gasteiger partial charge in [0.1, 0.15) is 6.07 Å². The predicted octanol–water partition coefficient (Wildman–Crippen LogP) is 3.11. The molecule has 4 heteroatoms. The van der Waals surface area contributed by atoms with Gasteiger partial charge >= 0.3 is 0 Å². The van der Waals surface area contributed by atoms with E-state index in [9.17, 15) is 4.79 Å². The van der Waals surface area contributed by atoms with Crippen LogP contribution >= 0.6 is 22.6 Å².